The van der Waals surface area contributed by atoms with Crippen molar-refractivity contribution >= 4 is 11.5 Å². The zero-order valence-corrected chi connectivity index (χ0v) is 10.6. The van der Waals surface area contributed by atoms with E-state index in [1.165, 1.54) is 0 Å². The van der Waals surface area contributed by atoms with Gasteiger partial charge in [-0.3, -0.25) is 4.79 Å². The largest absolute Gasteiger partial charge is 0.398 e. The summed E-state index contributed by atoms with van der Waals surface area (Å²) in [6.45, 7) is 0. The van der Waals surface area contributed by atoms with Gasteiger partial charge in [-0.15, -0.1) is 0 Å². The van der Waals surface area contributed by atoms with Crippen molar-refractivity contribution in [3.05, 3.63) is 65.9 Å². The summed E-state index contributed by atoms with van der Waals surface area (Å²) in [6, 6.07) is 15.3. The molecule has 1 aliphatic rings. The summed E-state index contributed by atoms with van der Waals surface area (Å²) in [4.78, 5) is 12.4. The second kappa shape index (κ2) is 3.81. The molecular formula is C16H11N3O. The minimum absolute atomic E-state index is 0.0460. The molecule has 4 rings (SSSR count). The van der Waals surface area contributed by atoms with Gasteiger partial charge < -0.3 is 5.73 Å². The highest BCUT2D eigenvalue weighted by atomic mass is 16.1. The molecule has 0 radical (unpaired) electrons. The van der Waals surface area contributed by atoms with Crippen molar-refractivity contribution in [1.29, 1.82) is 0 Å². The fraction of sp³-hybridized carbons (Fsp3) is 0. The molecule has 1 aliphatic carbocycles. The van der Waals surface area contributed by atoms with E-state index < -0.39 is 0 Å². The van der Waals surface area contributed by atoms with Gasteiger partial charge in [0.15, 0.2) is 5.78 Å². The van der Waals surface area contributed by atoms with Crippen molar-refractivity contribution in [3.63, 3.8) is 0 Å². The molecule has 96 valence electrons. The molecule has 1 heterocycles. The number of rotatable bonds is 1. The Balaban J connectivity index is 2.04. The summed E-state index contributed by atoms with van der Waals surface area (Å²) in [7, 11) is 0. The molecule has 2 N–H and O–H groups in total. The molecule has 0 atom stereocenters. The lowest BCUT2D eigenvalue weighted by Crippen LogP contribution is -2.01. The Morgan fingerprint density at radius 1 is 0.950 bits per heavy atom. The Morgan fingerprint density at radius 3 is 2.55 bits per heavy atom. The van der Waals surface area contributed by atoms with Crippen molar-refractivity contribution in [1.82, 2.24) is 9.78 Å². The quantitative estimate of drug-likeness (QED) is 0.536. The number of nitrogens with zero attached hydrogens (tertiary/aromatic N) is 2. The van der Waals surface area contributed by atoms with Gasteiger partial charge in [0.1, 0.15) is 0 Å². The summed E-state index contributed by atoms with van der Waals surface area (Å²) >= 11 is 0. The third-order valence-electron chi connectivity index (χ3n) is 3.59. The first-order valence-electron chi connectivity index (χ1n) is 6.34. The van der Waals surface area contributed by atoms with E-state index in [0.717, 1.165) is 16.9 Å². The van der Waals surface area contributed by atoms with E-state index in [1.54, 1.807) is 16.9 Å². The predicted molar refractivity (Wildman–Crippen MR) is 76.8 cm³/mol. The van der Waals surface area contributed by atoms with Gasteiger partial charge in [-0.25, -0.2) is 4.68 Å². The fourth-order valence-electron chi connectivity index (χ4n) is 2.69. The molecule has 0 spiro atoms. The van der Waals surface area contributed by atoms with Gasteiger partial charge in [-0.05, 0) is 18.2 Å². The Morgan fingerprint density at radius 2 is 1.75 bits per heavy atom. The highest BCUT2D eigenvalue weighted by Gasteiger charge is 2.32. The predicted octanol–water partition coefficient (Wildman–Crippen LogP) is 2.67. The normalized spacial score (nSPS) is 12.3. The third-order valence-corrected chi connectivity index (χ3v) is 3.59. The molecule has 4 nitrogen and oxygen atoms in total. The maximum Gasteiger partial charge on any atom is 0.199 e. The summed E-state index contributed by atoms with van der Waals surface area (Å²) in [5, 5.41) is 4.34. The standard InChI is InChI=1S/C16H11N3O/c17-13-8-4-7-11-14(13)16(20)12-9-18-19(15(11)12)10-5-2-1-3-6-10/h1-9H,17H2. The van der Waals surface area contributed by atoms with E-state index in [2.05, 4.69) is 5.10 Å². The van der Waals surface area contributed by atoms with E-state index in [-0.39, 0.29) is 5.78 Å². The third kappa shape index (κ3) is 1.30. The smallest absolute Gasteiger partial charge is 0.199 e. The number of benzene rings is 2. The van der Waals surface area contributed by atoms with Gasteiger partial charge in [-0.1, -0.05) is 30.3 Å². The number of nitrogens with two attached hydrogens (primary N) is 1. The Labute approximate surface area is 115 Å². The minimum Gasteiger partial charge on any atom is -0.398 e. The van der Waals surface area contributed by atoms with Crippen LogP contribution in [-0.2, 0) is 0 Å². The van der Waals surface area contributed by atoms with Crippen LogP contribution < -0.4 is 5.73 Å². The lowest BCUT2D eigenvalue weighted by Gasteiger charge is -2.07. The summed E-state index contributed by atoms with van der Waals surface area (Å²) in [5.41, 5.74) is 10.3. The van der Waals surface area contributed by atoms with Crippen LogP contribution in [0.2, 0.25) is 0 Å². The highest BCUT2D eigenvalue weighted by molar-refractivity contribution is 6.23. The second-order valence-electron chi connectivity index (χ2n) is 4.75. The first-order valence-corrected chi connectivity index (χ1v) is 6.34. The monoisotopic (exact) mass is 261 g/mol. The first kappa shape index (κ1) is 11.0. The van der Waals surface area contributed by atoms with Gasteiger partial charge in [0.2, 0.25) is 0 Å². The average Bonchev–Trinajstić information content (AvgIpc) is 3.02. The Bertz CT molecular complexity index is 834. The Kier molecular flexibility index (Phi) is 2.09. The van der Waals surface area contributed by atoms with Crippen LogP contribution in [0.15, 0.2) is 54.7 Å². The number of aromatic nitrogens is 2. The van der Waals surface area contributed by atoms with Crippen LogP contribution in [0.4, 0.5) is 5.69 Å². The van der Waals surface area contributed by atoms with Crippen molar-refractivity contribution in [2.75, 3.05) is 5.73 Å². The average molecular weight is 261 g/mol. The van der Waals surface area contributed by atoms with E-state index in [1.807, 2.05) is 42.5 Å². The number of ketones is 1. The Hall–Kier alpha value is -2.88. The van der Waals surface area contributed by atoms with Crippen molar-refractivity contribution < 1.29 is 4.79 Å². The lowest BCUT2D eigenvalue weighted by atomic mass is 10.1. The number of hydrogen-bond acceptors (Lipinski definition) is 3. The van der Waals surface area contributed by atoms with E-state index in [4.69, 9.17) is 5.73 Å². The van der Waals surface area contributed by atoms with Crippen molar-refractivity contribution in [3.8, 4) is 16.9 Å². The zero-order valence-electron chi connectivity index (χ0n) is 10.6. The number of carbonyl (C=O) groups excluding carboxylic acids is 1. The van der Waals surface area contributed by atoms with Crippen molar-refractivity contribution in [2.45, 2.75) is 0 Å². The molecule has 0 saturated heterocycles. The molecule has 0 saturated carbocycles. The number of fused-ring (bicyclic) bond motifs is 3. The molecule has 2 aromatic carbocycles. The summed E-state index contributed by atoms with van der Waals surface area (Å²) in [6.07, 6.45) is 1.62. The molecular weight excluding hydrogens is 250 g/mol. The van der Waals surface area contributed by atoms with Crippen LogP contribution in [-0.4, -0.2) is 15.6 Å². The highest BCUT2D eigenvalue weighted by Crippen LogP contribution is 2.40. The van der Waals surface area contributed by atoms with Gasteiger partial charge in [-0.2, -0.15) is 5.10 Å². The minimum atomic E-state index is -0.0460. The van der Waals surface area contributed by atoms with Gasteiger partial charge >= 0.3 is 0 Å². The van der Waals surface area contributed by atoms with E-state index >= 15 is 0 Å². The molecule has 3 aromatic rings. The van der Waals surface area contributed by atoms with Crippen LogP contribution in [0.1, 0.15) is 15.9 Å². The second-order valence-corrected chi connectivity index (χ2v) is 4.75. The molecule has 0 bridgehead atoms. The number of nitrogen functional groups attached to an aromatic ring is 1. The number of carbonyl (C=O) groups is 1. The zero-order chi connectivity index (χ0) is 13.7. The molecule has 4 heteroatoms. The number of para-hydroxylation sites is 1. The molecule has 0 fully saturated rings. The number of hydrogen-bond donors (Lipinski definition) is 1. The van der Waals surface area contributed by atoms with Gasteiger partial charge in [0.05, 0.1) is 28.7 Å². The van der Waals surface area contributed by atoms with Crippen LogP contribution >= 0.6 is 0 Å². The van der Waals surface area contributed by atoms with E-state index in [0.29, 0.717) is 16.8 Å². The van der Waals surface area contributed by atoms with E-state index in [9.17, 15) is 4.79 Å². The van der Waals surface area contributed by atoms with Crippen molar-refractivity contribution in [2.24, 2.45) is 0 Å². The van der Waals surface area contributed by atoms with Gasteiger partial charge in [0, 0.05) is 11.3 Å². The molecule has 20 heavy (non-hydrogen) atoms. The van der Waals surface area contributed by atoms with Crippen LogP contribution in [0.5, 0.6) is 0 Å². The maximum atomic E-state index is 12.4. The fourth-order valence-corrected chi connectivity index (χ4v) is 2.69. The molecule has 0 aliphatic heterocycles. The first-order chi connectivity index (χ1) is 9.77. The number of anilines is 1. The molecule has 1 aromatic heterocycles. The van der Waals surface area contributed by atoms with Crippen LogP contribution in [0.25, 0.3) is 16.9 Å². The van der Waals surface area contributed by atoms with Crippen LogP contribution in [0.3, 0.4) is 0 Å². The SMILES string of the molecule is Nc1cccc2c1C(=O)c1cnn(-c3ccccc3)c1-2. The lowest BCUT2D eigenvalue weighted by molar-refractivity contribution is 0.104. The summed E-state index contributed by atoms with van der Waals surface area (Å²) < 4.78 is 1.79. The topological polar surface area (TPSA) is 60.9 Å². The van der Waals surface area contributed by atoms with Crippen LogP contribution in [0, 0.1) is 0 Å². The maximum absolute atomic E-state index is 12.4. The summed E-state index contributed by atoms with van der Waals surface area (Å²) in [5.74, 6) is -0.0460. The molecule has 0 amide bonds. The van der Waals surface area contributed by atoms with Gasteiger partial charge in [0.25, 0.3) is 0 Å². The molecule has 0 unspecified atom stereocenters.